The van der Waals surface area contributed by atoms with E-state index in [1.807, 2.05) is 48.5 Å². The highest BCUT2D eigenvalue weighted by Crippen LogP contribution is 2.43. The molecule has 1 amide bonds. The van der Waals surface area contributed by atoms with Crippen molar-refractivity contribution in [2.75, 3.05) is 7.05 Å². The molecule has 0 spiro atoms. The van der Waals surface area contributed by atoms with Gasteiger partial charge in [0.15, 0.2) is 11.5 Å². The lowest BCUT2D eigenvalue weighted by Gasteiger charge is -2.27. The first-order chi connectivity index (χ1) is 15.5. The van der Waals surface area contributed by atoms with E-state index >= 15 is 0 Å². The molecule has 1 aliphatic heterocycles. The zero-order valence-electron chi connectivity index (χ0n) is 17.7. The molecule has 5 rings (SSSR count). The predicted octanol–water partition coefficient (Wildman–Crippen LogP) is 3.79. The van der Waals surface area contributed by atoms with Crippen molar-refractivity contribution in [1.82, 2.24) is 9.88 Å². The number of amides is 1. The first kappa shape index (κ1) is 20.2. The number of carbonyl (C=O) groups is 1. The zero-order valence-corrected chi connectivity index (χ0v) is 17.7. The lowest BCUT2D eigenvalue weighted by molar-refractivity contribution is -0.129. The molecule has 6 nitrogen and oxygen atoms in total. The van der Waals surface area contributed by atoms with Crippen molar-refractivity contribution >= 4 is 11.9 Å². The Bertz CT molecular complexity index is 1210. The molecule has 162 valence electrons. The van der Waals surface area contributed by atoms with E-state index in [9.17, 15) is 9.18 Å². The molecule has 32 heavy (non-hydrogen) atoms. The maximum absolute atomic E-state index is 13.6. The first-order valence-electron chi connectivity index (χ1n) is 10.5. The van der Waals surface area contributed by atoms with Crippen LogP contribution in [0.5, 0.6) is 5.75 Å². The second-order valence-electron chi connectivity index (χ2n) is 8.14. The third-order valence-corrected chi connectivity index (χ3v) is 5.87. The Balaban J connectivity index is 1.75. The number of ether oxygens (including phenoxy) is 1. The Kier molecular flexibility index (Phi) is 4.89. The van der Waals surface area contributed by atoms with Crippen LogP contribution in [0.25, 0.3) is 11.1 Å². The van der Waals surface area contributed by atoms with Crippen molar-refractivity contribution in [3.8, 4) is 16.9 Å². The van der Waals surface area contributed by atoms with Gasteiger partial charge in [-0.3, -0.25) is 14.7 Å². The second kappa shape index (κ2) is 7.75. The summed E-state index contributed by atoms with van der Waals surface area (Å²) in [7, 11) is 1.59. The maximum Gasteiger partial charge on any atom is 0.266 e. The molecular formula is C25H23FN4O2. The van der Waals surface area contributed by atoms with Gasteiger partial charge in [-0.15, -0.1) is 0 Å². The molecule has 0 bridgehead atoms. The van der Waals surface area contributed by atoms with Crippen LogP contribution in [-0.4, -0.2) is 34.9 Å². The van der Waals surface area contributed by atoms with Crippen molar-refractivity contribution < 1.29 is 13.9 Å². The molecule has 7 heteroatoms. The second-order valence-corrected chi connectivity index (χ2v) is 8.14. The highest BCUT2D eigenvalue weighted by molar-refractivity contribution is 6.09. The number of nitrogens with two attached hydrogens (primary N) is 1. The third-order valence-electron chi connectivity index (χ3n) is 5.87. The Morgan fingerprint density at radius 1 is 1.09 bits per heavy atom. The lowest BCUT2D eigenvalue weighted by atomic mass is 9.81. The number of hydrogen-bond donors (Lipinski definition) is 1. The summed E-state index contributed by atoms with van der Waals surface area (Å²) in [5.41, 5.74) is 7.89. The number of likely N-dealkylation sites (N-methyl/N-ethyl adjacent to an activating group) is 1. The van der Waals surface area contributed by atoms with Crippen molar-refractivity contribution in [1.29, 1.82) is 0 Å². The summed E-state index contributed by atoms with van der Waals surface area (Å²) in [6.45, 7) is -0.743. The van der Waals surface area contributed by atoms with E-state index in [1.54, 1.807) is 19.2 Å². The highest BCUT2D eigenvalue weighted by atomic mass is 19.1. The zero-order chi connectivity index (χ0) is 22.3. The normalized spacial score (nSPS) is 20.4. The standard InChI is InChI=1S/C25H23FN4O2/c1-30-23(31)25(29-24(30)27,18-9-10-28-20(13-18)15-26)19-11-17(16-5-3-2-4-6-16)12-22(14-19)32-21-7-8-21/h2-6,9-14,21H,7-8,15H2,1H3,(H2,27,29). The summed E-state index contributed by atoms with van der Waals surface area (Å²) >= 11 is 0. The summed E-state index contributed by atoms with van der Waals surface area (Å²) in [6.07, 6.45) is 3.69. The quantitative estimate of drug-likeness (QED) is 0.645. The SMILES string of the molecule is CN1C(=O)C(c2cc(OC3CC3)cc(-c3ccccc3)c2)(c2ccnc(CF)c2)N=C1N. The molecule has 1 aromatic heterocycles. The predicted molar refractivity (Wildman–Crippen MR) is 120 cm³/mol. The fraction of sp³-hybridized carbons (Fsp3) is 0.240. The van der Waals surface area contributed by atoms with Gasteiger partial charge in [-0.2, -0.15) is 0 Å². The highest BCUT2D eigenvalue weighted by Gasteiger charge is 2.50. The molecule has 2 aromatic carbocycles. The molecule has 1 atom stereocenters. The van der Waals surface area contributed by atoms with Crippen LogP contribution in [0.1, 0.15) is 29.7 Å². The maximum atomic E-state index is 13.6. The van der Waals surface area contributed by atoms with E-state index in [1.165, 1.54) is 11.1 Å². The molecule has 1 aliphatic carbocycles. The number of halogens is 1. The van der Waals surface area contributed by atoms with E-state index in [2.05, 4.69) is 9.98 Å². The molecule has 0 saturated heterocycles. The number of hydrogen-bond acceptors (Lipinski definition) is 5. The Morgan fingerprint density at radius 3 is 2.53 bits per heavy atom. The van der Waals surface area contributed by atoms with Gasteiger partial charge in [-0.1, -0.05) is 30.3 Å². The Labute approximate surface area is 185 Å². The average molecular weight is 430 g/mol. The smallest absolute Gasteiger partial charge is 0.266 e. The van der Waals surface area contributed by atoms with E-state index in [-0.39, 0.29) is 23.7 Å². The number of aromatic nitrogens is 1. The van der Waals surface area contributed by atoms with Crippen molar-refractivity contribution in [2.45, 2.75) is 31.2 Å². The molecular weight excluding hydrogens is 407 g/mol. The summed E-state index contributed by atoms with van der Waals surface area (Å²) in [6, 6.07) is 18.9. The van der Waals surface area contributed by atoms with E-state index in [0.29, 0.717) is 16.9 Å². The molecule has 1 fully saturated rings. The van der Waals surface area contributed by atoms with Crippen molar-refractivity contribution in [3.05, 3.63) is 83.7 Å². The monoisotopic (exact) mass is 430 g/mol. The van der Waals surface area contributed by atoms with Crippen LogP contribution in [0, 0.1) is 0 Å². The molecule has 2 N–H and O–H groups in total. The van der Waals surface area contributed by atoms with Gasteiger partial charge in [-0.05, 0) is 65.4 Å². The summed E-state index contributed by atoms with van der Waals surface area (Å²) in [5, 5.41) is 0. The summed E-state index contributed by atoms with van der Waals surface area (Å²) < 4.78 is 19.6. The van der Waals surface area contributed by atoms with Gasteiger partial charge in [0.25, 0.3) is 5.91 Å². The van der Waals surface area contributed by atoms with Crippen LogP contribution in [0.15, 0.2) is 71.9 Å². The topological polar surface area (TPSA) is 80.8 Å². The Morgan fingerprint density at radius 2 is 1.88 bits per heavy atom. The fourth-order valence-corrected chi connectivity index (χ4v) is 4.01. The minimum Gasteiger partial charge on any atom is -0.490 e. The Hall–Kier alpha value is -3.74. The lowest BCUT2D eigenvalue weighted by Crippen LogP contribution is -2.41. The van der Waals surface area contributed by atoms with Crippen LogP contribution < -0.4 is 10.5 Å². The summed E-state index contributed by atoms with van der Waals surface area (Å²) in [5.74, 6) is 0.455. The van der Waals surface area contributed by atoms with Crippen LogP contribution in [-0.2, 0) is 17.0 Å². The van der Waals surface area contributed by atoms with E-state index in [4.69, 9.17) is 10.5 Å². The minimum absolute atomic E-state index is 0.100. The van der Waals surface area contributed by atoms with Gasteiger partial charge in [0.1, 0.15) is 12.4 Å². The van der Waals surface area contributed by atoms with Gasteiger partial charge in [0.2, 0.25) is 0 Å². The van der Waals surface area contributed by atoms with Crippen molar-refractivity contribution in [2.24, 2.45) is 10.7 Å². The minimum atomic E-state index is -1.45. The van der Waals surface area contributed by atoms with Crippen LogP contribution in [0.2, 0.25) is 0 Å². The van der Waals surface area contributed by atoms with E-state index < -0.39 is 12.2 Å². The molecule has 1 saturated carbocycles. The number of pyridine rings is 1. The van der Waals surface area contributed by atoms with Gasteiger partial charge in [-0.25, -0.2) is 9.38 Å². The van der Waals surface area contributed by atoms with Gasteiger partial charge in [0.05, 0.1) is 11.8 Å². The number of rotatable bonds is 6. The number of alkyl halides is 1. The van der Waals surface area contributed by atoms with Crippen LogP contribution >= 0.6 is 0 Å². The van der Waals surface area contributed by atoms with E-state index in [0.717, 1.165) is 24.0 Å². The van der Waals surface area contributed by atoms with Crippen LogP contribution in [0.3, 0.4) is 0 Å². The molecule has 0 radical (unpaired) electrons. The molecule has 2 aliphatic rings. The average Bonchev–Trinajstić information content (AvgIpc) is 3.62. The first-order valence-corrected chi connectivity index (χ1v) is 10.5. The fourth-order valence-electron chi connectivity index (χ4n) is 4.01. The third kappa shape index (κ3) is 3.39. The van der Waals surface area contributed by atoms with Gasteiger partial charge in [0, 0.05) is 13.2 Å². The number of nitrogens with zero attached hydrogens (tertiary/aromatic N) is 3. The number of guanidine groups is 1. The van der Waals surface area contributed by atoms with Crippen LogP contribution in [0.4, 0.5) is 4.39 Å². The largest absolute Gasteiger partial charge is 0.490 e. The van der Waals surface area contributed by atoms with Gasteiger partial charge >= 0.3 is 0 Å². The van der Waals surface area contributed by atoms with Crippen molar-refractivity contribution in [3.63, 3.8) is 0 Å². The number of carbonyl (C=O) groups excluding carboxylic acids is 1. The molecule has 3 aromatic rings. The molecule has 2 heterocycles. The number of benzene rings is 2. The molecule has 1 unspecified atom stereocenters. The van der Waals surface area contributed by atoms with Gasteiger partial charge < -0.3 is 10.5 Å². The number of aliphatic imine (C=N–C) groups is 1. The summed E-state index contributed by atoms with van der Waals surface area (Å²) in [4.78, 5) is 23.6.